The van der Waals surface area contributed by atoms with Gasteiger partial charge in [0, 0.05) is 47.1 Å². The molecule has 174 valence electrons. The summed E-state index contributed by atoms with van der Waals surface area (Å²) in [6, 6.07) is 19.5. The van der Waals surface area contributed by atoms with Gasteiger partial charge in [0.15, 0.2) is 0 Å². The van der Waals surface area contributed by atoms with Crippen LogP contribution in [0.15, 0.2) is 60.7 Å². The molecule has 5 rings (SSSR count). The number of imidazole rings is 1. The number of rotatable bonds is 7. The van der Waals surface area contributed by atoms with Crippen molar-refractivity contribution in [3.8, 4) is 17.1 Å². The lowest BCUT2D eigenvalue weighted by molar-refractivity contribution is 0.0546. The first-order chi connectivity index (χ1) is 16.5. The zero-order chi connectivity index (χ0) is 23.8. The summed E-state index contributed by atoms with van der Waals surface area (Å²) >= 11 is 0. The molecule has 0 spiro atoms. The van der Waals surface area contributed by atoms with Gasteiger partial charge in [-0.15, -0.1) is 0 Å². The molecule has 0 fully saturated rings. The van der Waals surface area contributed by atoms with Gasteiger partial charge >= 0.3 is 6.16 Å². The molecule has 0 saturated carbocycles. The highest BCUT2D eigenvalue weighted by molar-refractivity contribution is 6.09. The van der Waals surface area contributed by atoms with Gasteiger partial charge in [0.2, 0.25) is 0 Å². The number of aliphatic hydroxyl groups excluding tert-OH is 1. The van der Waals surface area contributed by atoms with Gasteiger partial charge < -0.3 is 28.8 Å². The first kappa shape index (κ1) is 21.9. The van der Waals surface area contributed by atoms with Crippen LogP contribution in [0, 0.1) is 0 Å². The lowest BCUT2D eigenvalue weighted by atomic mass is 10.1. The Kier molecular flexibility index (Phi) is 5.69. The molecule has 3 aromatic carbocycles. The Morgan fingerprint density at radius 1 is 1.00 bits per heavy atom. The first-order valence-electron chi connectivity index (χ1n) is 11.1. The average Bonchev–Trinajstić information content (AvgIpc) is 3.33. The monoisotopic (exact) mass is 459 g/mol. The molecule has 8 heteroatoms. The SMILES string of the molecule is CCn1c2ccccc2c2cc(-c3nc4cc(OC(=O)O)ccc4n3C[C@H](O)COC)ccc21. The maximum absolute atomic E-state index is 11.0. The van der Waals surface area contributed by atoms with Crippen LogP contribution in [0.4, 0.5) is 4.79 Å². The van der Waals surface area contributed by atoms with E-state index in [-0.39, 0.29) is 18.9 Å². The minimum Gasteiger partial charge on any atom is -0.449 e. The largest absolute Gasteiger partial charge is 0.511 e. The van der Waals surface area contributed by atoms with Crippen LogP contribution in [0.5, 0.6) is 5.75 Å². The van der Waals surface area contributed by atoms with Gasteiger partial charge in [-0.05, 0) is 43.3 Å². The van der Waals surface area contributed by atoms with Crippen LogP contribution in [0.25, 0.3) is 44.2 Å². The smallest absolute Gasteiger partial charge is 0.449 e. The molecular formula is C26H25N3O5. The van der Waals surface area contributed by atoms with E-state index in [9.17, 15) is 9.90 Å². The summed E-state index contributed by atoms with van der Waals surface area (Å²) in [7, 11) is 1.54. The van der Waals surface area contributed by atoms with Crippen LogP contribution in [0.1, 0.15) is 6.92 Å². The average molecular weight is 460 g/mol. The third kappa shape index (κ3) is 3.76. The molecule has 0 aliphatic carbocycles. The fourth-order valence-corrected chi connectivity index (χ4v) is 4.67. The van der Waals surface area contributed by atoms with Crippen LogP contribution in [-0.4, -0.2) is 50.3 Å². The number of carboxylic acid groups (broad SMARTS) is 1. The topological polar surface area (TPSA) is 98.7 Å². The van der Waals surface area contributed by atoms with Crippen LogP contribution < -0.4 is 4.74 Å². The molecule has 2 heterocycles. The molecular weight excluding hydrogens is 434 g/mol. The van der Waals surface area contributed by atoms with E-state index in [1.165, 1.54) is 10.9 Å². The highest BCUT2D eigenvalue weighted by Crippen LogP contribution is 2.34. The van der Waals surface area contributed by atoms with E-state index < -0.39 is 12.3 Å². The van der Waals surface area contributed by atoms with Gasteiger partial charge in [0.05, 0.1) is 30.3 Å². The van der Waals surface area contributed by atoms with Crippen molar-refractivity contribution in [3.05, 3.63) is 60.7 Å². The Labute approximate surface area is 195 Å². The standard InChI is InChI=1S/C26H25N3O5/c1-3-28-22-7-5-4-6-19(22)20-12-16(8-10-23(20)28)25-27-21-13-18(34-26(31)32)9-11-24(21)29(25)14-17(30)15-33-2/h4-13,17,30H,3,14-15H2,1-2H3,(H,31,32)/t17-/m0/s1. The summed E-state index contributed by atoms with van der Waals surface area (Å²) < 4.78 is 14.2. The molecule has 0 aliphatic heterocycles. The van der Waals surface area contributed by atoms with Gasteiger partial charge in [0.25, 0.3) is 0 Å². The number of methoxy groups -OCH3 is 1. The second kappa shape index (κ2) is 8.81. The van der Waals surface area contributed by atoms with E-state index in [2.05, 4.69) is 35.8 Å². The normalized spacial score (nSPS) is 12.6. The van der Waals surface area contributed by atoms with Crippen molar-refractivity contribution in [2.75, 3.05) is 13.7 Å². The Hall–Kier alpha value is -3.88. The zero-order valence-corrected chi connectivity index (χ0v) is 18.9. The number of para-hydroxylation sites is 1. The lowest BCUT2D eigenvalue weighted by Gasteiger charge is -2.14. The maximum atomic E-state index is 11.0. The summed E-state index contributed by atoms with van der Waals surface area (Å²) in [6.07, 6.45) is -2.12. The highest BCUT2D eigenvalue weighted by Gasteiger charge is 2.19. The van der Waals surface area contributed by atoms with Crippen molar-refractivity contribution in [2.45, 2.75) is 26.1 Å². The van der Waals surface area contributed by atoms with Crippen LogP contribution in [0.3, 0.4) is 0 Å². The quantitative estimate of drug-likeness (QED) is 0.265. The summed E-state index contributed by atoms with van der Waals surface area (Å²) in [5, 5.41) is 21.8. The van der Waals surface area contributed by atoms with Crippen molar-refractivity contribution in [1.29, 1.82) is 0 Å². The number of hydrogen-bond donors (Lipinski definition) is 2. The number of aromatic nitrogens is 3. The second-order valence-electron chi connectivity index (χ2n) is 8.17. The van der Waals surface area contributed by atoms with E-state index >= 15 is 0 Å². The molecule has 8 nitrogen and oxygen atoms in total. The van der Waals surface area contributed by atoms with Crippen LogP contribution in [0.2, 0.25) is 0 Å². The van der Waals surface area contributed by atoms with E-state index in [0.29, 0.717) is 11.3 Å². The number of ether oxygens (including phenoxy) is 2. The van der Waals surface area contributed by atoms with Crippen molar-refractivity contribution in [1.82, 2.24) is 14.1 Å². The fraction of sp³-hybridized carbons (Fsp3) is 0.231. The second-order valence-corrected chi connectivity index (χ2v) is 8.17. The van der Waals surface area contributed by atoms with Gasteiger partial charge in [-0.3, -0.25) is 0 Å². The Balaban J connectivity index is 1.71. The minimum absolute atomic E-state index is 0.183. The number of fused-ring (bicyclic) bond motifs is 4. The van der Waals surface area contributed by atoms with Gasteiger partial charge in [-0.2, -0.15) is 0 Å². The molecule has 0 bridgehead atoms. The fourth-order valence-electron chi connectivity index (χ4n) is 4.67. The van der Waals surface area contributed by atoms with Crippen LogP contribution in [-0.2, 0) is 17.8 Å². The zero-order valence-electron chi connectivity index (χ0n) is 18.9. The van der Waals surface area contributed by atoms with E-state index in [1.54, 1.807) is 25.3 Å². The Bertz CT molecular complexity index is 1520. The van der Waals surface area contributed by atoms with Gasteiger partial charge in [-0.1, -0.05) is 18.2 Å². The van der Waals surface area contributed by atoms with E-state index in [0.717, 1.165) is 28.5 Å². The predicted molar refractivity (Wildman–Crippen MR) is 130 cm³/mol. The third-order valence-electron chi connectivity index (χ3n) is 6.02. The van der Waals surface area contributed by atoms with Crippen molar-refractivity contribution < 1.29 is 24.5 Å². The number of hydrogen-bond acceptors (Lipinski definition) is 5. The molecule has 0 radical (unpaired) electrons. The molecule has 1 atom stereocenters. The molecule has 0 aliphatic rings. The Morgan fingerprint density at radius 3 is 2.53 bits per heavy atom. The molecule has 0 amide bonds. The third-order valence-corrected chi connectivity index (χ3v) is 6.02. The Morgan fingerprint density at radius 2 is 1.76 bits per heavy atom. The van der Waals surface area contributed by atoms with Gasteiger partial charge in [0.1, 0.15) is 11.6 Å². The molecule has 0 saturated heterocycles. The maximum Gasteiger partial charge on any atom is 0.511 e. The molecule has 0 unspecified atom stereocenters. The summed E-state index contributed by atoms with van der Waals surface area (Å²) in [6.45, 7) is 3.44. The minimum atomic E-state index is -1.38. The molecule has 34 heavy (non-hydrogen) atoms. The van der Waals surface area contributed by atoms with Crippen molar-refractivity contribution in [2.24, 2.45) is 0 Å². The summed E-state index contributed by atoms with van der Waals surface area (Å²) in [4.78, 5) is 15.8. The summed E-state index contributed by atoms with van der Waals surface area (Å²) in [5.41, 5.74) is 4.56. The number of aliphatic hydroxyl groups is 1. The molecule has 5 aromatic rings. The first-order valence-corrected chi connectivity index (χ1v) is 11.1. The summed E-state index contributed by atoms with van der Waals surface area (Å²) in [5.74, 6) is 0.864. The number of aryl methyl sites for hydroxylation is 1. The lowest BCUT2D eigenvalue weighted by Crippen LogP contribution is -2.21. The number of benzene rings is 3. The van der Waals surface area contributed by atoms with E-state index in [1.807, 2.05) is 22.8 Å². The van der Waals surface area contributed by atoms with Gasteiger partial charge in [-0.25, -0.2) is 9.78 Å². The molecule has 2 N–H and O–H groups in total. The predicted octanol–water partition coefficient (Wildman–Crippen LogP) is 4.90. The van der Waals surface area contributed by atoms with Crippen LogP contribution >= 0.6 is 0 Å². The number of carbonyl (C=O) groups is 1. The molecule has 2 aromatic heterocycles. The number of nitrogens with zero attached hydrogens (tertiary/aromatic N) is 3. The highest BCUT2D eigenvalue weighted by atomic mass is 16.7. The van der Waals surface area contributed by atoms with Crippen molar-refractivity contribution in [3.63, 3.8) is 0 Å². The van der Waals surface area contributed by atoms with E-state index in [4.69, 9.17) is 19.6 Å². The van der Waals surface area contributed by atoms with Crippen molar-refractivity contribution >= 4 is 39.0 Å².